The number of benzene rings is 2. The number of aryl methyl sites for hydroxylation is 1. The molecular formula is C18H21NO2S. The summed E-state index contributed by atoms with van der Waals surface area (Å²) in [5, 5.41) is 2.96. The van der Waals surface area contributed by atoms with Gasteiger partial charge in [-0.2, -0.15) is 0 Å². The largest absolute Gasteiger partial charge is 0.380 e. The molecule has 0 atom stereocenters. The Morgan fingerprint density at radius 3 is 2.68 bits per heavy atom. The predicted octanol–water partition coefficient (Wildman–Crippen LogP) is 3.55. The number of methoxy groups -OCH3 is 1. The van der Waals surface area contributed by atoms with E-state index in [1.807, 2.05) is 36.4 Å². The van der Waals surface area contributed by atoms with Gasteiger partial charge in [-0.1, -0.05) is 42.5 Å². The number of nitrogens with one attached hydrogen (secondary N) is 1. The Kier molecular flexibility index (Phi) is 6.49. The van der Waals surface area contributed by atoms with E-state index in [9.17, 15) is 4.79 Å². The van der Waals surface area contributed by atoms with Gasteiger partial charge >= 0.3 is 0 Å². The highest BCUT2D eigenvalue weighted by molar-refractivity contribution is 8.00. The number of rotatable bonds is 7. The number of hydrogen-bond acceptors (Lipinski definition) is 3. The molecule has 0 saturated carbocycles. The Morgan fingerprint density at radius 2 is 1.91 bits per heavy atom. The first kappa shape index (κ1) is 16.6. The summed E-state index contributed by atoms with van der Waals surface area (Å²) < 4.78 is 5.12. The maximum Gasteiger partial charge on any atom is 0.230 e. The minimum absolute atomic E-state index is 0.0467. The van der Waals surface area contributed by atoms with E-state index in [2.05, 4.69) is 24.4 Å². The quantitative estimate of drug-likeness (QED) is 0.794. The number of thioether (sulfide) groups is 1. The Hall–Kier alpha value is -1.78. The minimum Gasteiger partial charge on any atom is -0.380 e. The predicted molar refractivity (Wildman–Crippen MR) is 90.9 cm³/mol. The monoisotopic (exact) mass is 315 g/mol. The van der Waals surface area contributed by atoms with E-state index in [1.54, 1.807) is 18.9 Å². The summed E-state index contributed by atoms with van der Waals surface area (Å²) in [6, 6.07) is 16.2. The number of amides is 1. The van der Waals surface area contributed by atoms with Crippen LogP contribution < -0.4 is 5.32 Å². The smallest absolute Gasteiger partial charge is 0.230 e. The van der Waals surface area contributed by atoms with E-state index < -0.39 is 0 Å². The molecule has 0 spiro atoms. The summed E-state index contributed by atoms with van der Waals surface area (Å²) in [5.74, 6) is 0.480. The molecule has 116 valence electrons. The molecule has 0 bridgehead atoms. The number of carbonyl (C=O) groups excluding carboxylic acids is 1. The molecule has 0 aliphatic carbocycles. The average Bonchev–Trinajstić information content (AvgIpc) is 2.53. The highest BCUT2D eigenvalue weighted by Crippen LogP contribution is 2.21. The molecule has 2 rings (SSSR count). The molecule has 2 aromatic rings. The Morgan fingerprint density at radius 1 is 1.14 bits per heavy atom. The molecule has 0 heterocycles. The van der Waals surface area contributed by atoms with E-state index in [0.717, 1.165) is 16.0 Å². The van der Waals surface area contributed by atoms with Crippen molar-refractivity contribution in [1.29, 1.82) is 0 Å². The second-order valence-corrected chi connectivity index (χ2v) is 6.10. The maximum absolute atomic E-state index is 12.0. The molecule has 1 amide bonds. The van der Waals surface area contributed by atoms with Crippen LogP contribution in [0.3, 0.4) is 0 Å². The fraction of sp³-hybridized carbons (Fsp3) is 0.278. The van der Waals surface area contributed by atoms with Crippen LogP contribution in [-0.2, 0) is 22.7 Å². The van der Waals surface area contributed by atoms with E-state index in [1.165, 1.54) is 5.56 Å². The van der Waals surface area contributed by atoms with Gasteiger partial charge in [-0.15, -0.1) is 11.8 Å². The van der Waals surface area contributed by atoms with Gasteiger partial charge in [-0.05, 0) is 29.7 Å². The molecule has 1 N–H and O–H groups in total. The average molecular weight is 315 g/mol. The molecule has 3 nitrogen and oxygen atoms in total. The number of ether oxygens (including phenoxy) is 1. The van der Waals surface area contributed by atoms with Crippen LogP contribution in [0.5, 0.6) is 0 Å². The van der Waals surface area contributed by atoms with Crippen molar-refractivity contribution in [1.82, 2.24) is 5.32 Å². The first-order chi connectivity index (χ1) is 10.7. The Bertz CT molecular complexity index is 628. The topological polar surface area (TPSA) is 38.3 Å². The van der Waals surface area contributed by atoms with Gasteiger partial charge in [0.15, 0.2) is 0 Å². The molecule has 0 unspecified atom stereocenters. The van der Waals surface area contributed by atoms with Gasteiger partial charge in [0, 0.05) is 18.6 Å². The zero-order chi connectivity index (χ0) is 15.8. The summed E-state index contributed by atoms with van der Waals surface area (Å²) in [4.78, 5) is 13.1. The van der Waals surface area contributed by atoms with Gasteiger partial charge in [0.2, 0.25) is 5.91 Å². The van der Waals surface area contributed by atoms with Crippen LogP contribution in [-0.4, -0.2) is 18.8 Å². The van der Waals surface area contributed by atoms with Crippen LogP contribution in [0.25, 0.3) is 0 Å². The van der Waals surface area contributed by atoms with Crippen molar-refractivity contribution in [3.8, 4) is 0 Å². The van der Waals surface area contributed by atoms with E-state index in [-0.39, 0.29) is 5.91 Å². The van der Waals surface area contributed by atoms with Crippen LogP contribution in [0.2, 0.25) is 0 Å². The van der Waals surface area contributed by atoms with Gasteiger partial charge in [0.05, 0.1) is 12.4 Å². The van der Waals surface area contributed by atoms with E-state index in [4.69, 9.17) is 4.74 Å². The standard InChI is InChI=1S/C18H21NO2S/c1-14-6-3-4-9-17(14)22-13-18(20)19-11-15-7-5-8-16(10-15)12-21-2/h3-10H,11-13H2,1-2H3,(H,19,20). The van der Waals surface area contributed by atoms with Crippen LogP contribution in [0.1, 0.15) is 16.7 Å². The van der Waals surface area contributed by atoms with Crippen molar-refractivity contribution in [3.05, 3.63) is 65.2 Å². The van der Waals surface area contributed by atoms with Gasteiger partial charge in [-0.25, -0.2) is 0 Å². The van der Waals surface area contributed by atoms with Crippen LogP contribution in [0, 0.1) is 6.92 Å². The summed E-state index contributed by atoms with van der Waals surface area (Å²) in [6.07, 6.45) is 0. The molecule has 0 radical (unpaired) electrons. The summed E-state index contributed by atoms with van der Waals surface area (Å²) in [7, 11) is 1.68. The van der Waals surface area contributed by atoms with E-state index in [0.29, 0.717) is 18.9 Å². The third kappa shape index (κ3) is 5.20. The highest BCUT2D eigenvalue weighted by Gasteiger charge is 2.05. The van der Waals surface area contributed by atoms with Gasteiger partial charge < -0.3 is 10.1 Å². The first-order valence-corrected chi connectivity index (χ1v) is 8.19. The van der Waals surface area contributed by atoms with Crippen molar-refractivity contribution >= 4 is 17.7 Å². The lowest BCUT2D eigenvalue weighted by atomic mass is 10.1. The normalized spacial score (nSPS) is 10.5. The summed E-state index contributed by atoms with van der Waals surface area (Å²) in [6.45, 7) is 3.19. The minimum atomic E-state index is 0.0467. The van der Waals surface area contributed by atoms with Crippen LogP contribution in [0.15, 0.2) is 53.4 Å². The molecular weight excluding hydrogens is 294 g/mol. The zero-order valence-corrected chi connectivity index (χ0v) is 13.8. The first-order valence-electron chi connectivity index (χ1n) is 7.21. The van der Waals surface area contributed by atoms with Crippen molar-refractivity contribution < 1.29 is 9.53 Å². The summed E-state index contributed by atoms with van der Waals surface area (Å²) in [5.41, 5.74) is 3.40. The van der Waals surface area contributed by atoms with Gasteiger partial charge in [0.25, 0.3) is 0 Å². The Balaban J connectivity index is 1.80. The van der Waals surface area contributed by atoms with Gasteiger partial charge in [-0.3, -0.25) is 4.79 Å². The fourth-order valence-electron chi connectivity index (χ4n) is 2.11. The number of hydrogen-bond donors (Lipinski definition) is 1. The maximum atomic E-state index is 12.0. The zero-order valence-electron chi connectivity index (χ0n) is 13.0. The van der Waals surface area contributed by atoms with Crippen molar-refractivity contribution in [2.24, 2.45) is 0 Å². The molecule has 0 aromatic heterocycles. The fourth-order valence-corrected chi connectivity index (χ4v) is 2.97. The second kappa shape index (κ2) is 8.61. The molecule has 22 heavy (non-hydrogen) atoms. The number of carbonyl (C=O) groups is 1. The van der Waals surface area contributed by atoms with Crippen molar-refractivity contribution in [2.45, 2.75) is 25.0 Å². The second-order valence-electron chi connectivity index (χ2n) is 5.08. The lowest BCUT2D eigenvalue weighted by molar-refractivity contribution is -0.118. The van der Waals surface area contributed by atoms with E-state index >= 15 is 0 Å². The molecule has 0 fully saturated rings. The molecule has 0 aliphatic rings. The lowest BCUT2D eigenvalue weighted by Crippen LogP contribution is -2.24. The molecule has 4 heteroatoms. The van der Waals surface area contributed by atoms with Crippen LogP contribution >= 0.6 is 11.8 Å². The van der Waals surface area contributed by atoms with Gasteiger partial charge in [0.1, 0.15) is 0 Å². The third-order valence-electron chi connectivity index (χ3n) is 3.24. The Labute approximate surface area is 136 Å². The third-order valence-corrected chi connectivity index (χ3v) is 4.42. The van der Waals surface area contributed by atoms with Crippen molar-refractivity contribution in [2.75, 3.05) is 12.9 Å². The van der Waals surface area contributed by atoms with Crippen LogP contribution in [0.4, 0.5) is 0 Å². The lowest BCUT2D eigenvalue weighted by Gasteiger charge is -2.08. The molecule has 0 aliphatic heterocycles. The molecule has 0 saturated heterocycles. The highest BCUT2D eigenvalue weighted by atomic mass is 32.2. The van der Waals surface area contributed by atoms with Crippen molar-refractivity contribution in [3.63, 3.8) is 0 Å². The molecule has 2 aromatic carbocycles. The SMILES string of the molecule is COCc1cccc(CNC(=O)CSc2ccccc2C)c1. The summed E-state index contributed by atoms with van der Waals surface area (Å²) >= 11 is 1.57.